The molecule has 0 saturated heterocycles. The second-order valence-corrected chi connectivity index (χ2v) is 6.92. The maximum absolute atomic E-state index is 5.35. The maximum Gasteiger partial charge on any atom is 0.120 e. The van der Waals surface area contributed by atoms with Crippen LogP contribution in [0, 0.1) is 5.41 Å². The van der Waals surface area contributed by atoms with E-state index in [1.165, 1.54) is 50.8 Å². The van der Waals surface area contributed by atoms with Gasteiger partial charge in [0.25, 0.3) is 0 Å². The summed E-state index contributed by atoms with van der Waals surface area (Å²) in [5.41, 5.74) is 1.72. The van der Waals surface area contributed by atoms with E-state index in [1.54, 1.807) is 7.11 Å². The number of ether oxygens (including phenoxy) is 1. The van der Waals surface area contributed by atoms with E-state index in [4.69, 9.17) is 4.74 Å². The zero-order valence-electron chi connectivity index (χ0n) is 13.4. The molecule has 21 heavy (non-hydrogen) atoms. The Morgan fingerprint density at radius 3 is 2.71 bits per heavy atom. The summed E-state index contributed by atoms with van der Waals surface area (Å²) in [7, 11) is 3.95. The minimum atomic E-state index is 0.459. The second kappa shape index (κ2) is 6.27. The number of anilines is 1. The molecule has 2 fully saturated rings. The van der Waals surface area contributed by atoms with Crippen LogP contribution in [0.5, 0.6) is 5.75 Å². The number of rotatable bonds is 7. The smallest absolute Gasteiger partial charge is 0.120 e. The van der Waals surface area contributed by atoms with Crippen LogP contribution in [0.1, 0.15) is 38.5 Å². The highest BCUT2D eigenvalue weighted by Gasteiger charge is 2.36. The Morgan fingerprint density at radius 1 is 1.29 bits per heavy atom. The molecule has 116 valence electrons. The lowest BCUT2D eigenvalue weighted by atomic mass is 9.85. The predicted octanol–water partition coefficient (Wildman–Crippen LogP) is 3.44. The van der Waals surface area contributed by atoms with Gasteiger partial charge in [-0.25, -0.2) is 0 Å². The molecular formula is C18H28N2O. The average molecular weight is 288 g/mol. The van der Waals surface area contributed by atoms with Gasteiger partial charge in [0.05, 0.1) is 7.11 Å². The Kier molecular flexibility index (Phi) is 4.39. The number of hydrogen-bond acceptors (Lipinski definition) is 3. The van der Waals surface area contributed by atoms with E-state index in [9.17, 15) is 0 Å². The number of benzene rings is 1. The van der Waals surface area contributed by atoms with Crippen LogP contribution in [0.2, 0.25) is 0 Å². The van der Waals surface area contributed by atoms with E-state index >= 15 is 0 Å². The molecule has 0 bridgehead atoms. The third-order valence-corrected chi connectivity index (χ3v) is 5.07. The van der Waals surface area contributed by atoms with Gasteiger partial charge in [0.1, 0.15) is 5.75 Å². The summed E-state index contributed by atoms with van der Waals surface area (Å²) in [4.78, 5) is 2.41. The van der Waals surface area contributed by atoms with Gasteiger partial charge in [-0.15, -0.1) is 0 Å². The Hall–Kier alpha value is -1.22. The molecule has 3 rings (SSSR count). The summed E-state index contributed by atoms with van der Waals surface area (Å²) < 4.78 is 5.35. The van der Waals surface area contributed by atoms with Crippen molar-refractivity contribution in [1.82, 2.24) is 5.32 Å². The van der Waals surface area contributed by atoms with E-state index in [-0.39, 0.29) is 0 Å². The van der Waals surface area contributed by atoms with E-state index < -0.39 is 0 Å². The van der Waals surface area contributed by atoms with Crippen molar-refractivity contribution in [1.29, 1.82) is 0 Å². The van der Waals surface area contributed by atoms with Gasteiger partial charge in [0.2, 0.25) is 0 Å². The Morgan fingerprint density at radius 2 is 2.05 bits per heavy atom. The first-order valence-corrected chi connectivity index (χ1v) is 8.29. The molecule has 2 saturated carbocycles. The summed E-state index contributed by atoms with van der Waals surface area (Å²) in [6, 6.07) is 9.21. The van der Waals surface area contributed by atoms with Crippen LogP contribution in [0.4, 0.5) is 5.69 Å². The topological polar surface area (TPSA) is 24.5 Å². The molecule has 0 aromatic heterocycles. The quantitative estimate of drug-likeness (QED) is 0.832. The summed E-state index contributed by atoms with van der Waals surface area (Å²) in [6.07, 6.45) is 8.25. The largest absolute Gasteiger partial charge is 0.497 e. The second-order valence-electron chi connectivity index (χ2n) is 6.92. The average Bonchev–Trinajstić information content (AvgIpc) is 3.24. The molecule has 0 atom stereocenters. The number of methoxy groups -OCH3 is 1. The SMILES string of the molecule is COc1cccc(N(C)CC2(CNC3CC3)CCCC2)c1. The van der Waals surface area contributed by atoms with Gasteiger partial charge in [0.15, 0.2) is 0 Å². The summed E-state index contributed by atoms with van der Waals surface area (Å²) >= 11 is 0. The summed E-state index contributed by atoms with van der Waals surface area (Å²) in [5, 5.41) is 3.77. The number of nitrogens with one attached hydrogen (secondary N) is 1. The van der Waals surface area contributed by atoms with Crippen LogP contribution >= 0.6 is 0 Å². The first kappa shape index (κ1) is 14.7. The molecule has 0 heterocycles. The molecule has 2 aliphatic carbocycles. The van der Waals surface area contributed by atoms with Crippen molar-refractivity contribution in [2.24, 2.45) is 5.41 Å². The third kappa shape index (κ3) is 3.70. The molecule has 0 unspecified atom stereocenters. The lowest BCUT2D eigenvalue weighted by molar-refractivity contribution is 0.285. The lowest BCUT2D eigenvalue weighted by Crippen LogP contribution is -2.42. The van der Waals surface area contributed by atoms with Crippen molar-refractivity contribution >= 4 is 5.69 Å². The van der Waals surface area contributed by atoms with Crippen LogP contribution < -0.4 is 15.0 Å². The Bertz CT molecular complexity index is 464. The van der Waals surface area contributed by atoms with Gasteiger partial charge in [0, 0.05) is 43.3 Å². The van der Waals surface area contributed by atoms with Crippen molar-refractivity contribution in [2.75, 3.05) is 32.1 Å². The van der Waals surface area contributed by atoms with Gasteiger partial charge in [-0.1, -0.05) is 18.9 Å². The normalized spacial score (nSPS) is 20.5. The molecule has 0 radical (unpaired) electrons. The highest BCUT2D eigenvalue weighted by atomic mass is 16.5. The van der Waals surface area contributed by atoms with Gasteiger partial charge in [-0.3, -0.25) is 0 Å². The molecule has 2 aliphatic rings. The molecule has 3 heteroatoms. The standard InChI is InChI=1S/C18H28N2O/c1-20(16-6-5-7-17(12-16)21-2)14-18(10-3-4-11-18)13-19-15-8-9-15/h5-7,12,15,19H,3-4,8-11,13-14H2,1-2H3. The van der Waals surface area contributed by atoms with E-state index in [0.717, 1.165) is 18.3 Å². The molecule has 1 aromatic carbocycles. The van der Waals surface area contributed by atoms with E-state index in [2.05, 4.69) is 35.5 Å². The van der Waals surface area contributed by atoms with Gasteiger partial charge in [-0.2, -0.15) is 0 Å². The van der Waals surface area contributed by atoms with Crippen molar-refractivity contribution in [3.05, 3.63) is 24.3 Å². The Balaban J connectivity index is 1.65. The first-order valence-electron chi connectivity index (χ1n) is 8.29. The fourth-order valence-electron chi connectivity index (χ4n) is 3.61. The van der Waals surface area contributed by atoms with Crippen LogP contribution in [-0.4, -0.2) is 33.3 Å². The van der Waals surface area contributed by atoms with Crippen LogP contribution in [0.3, 0.4) is 0 Å². The fraction of sp³-hybridized carbons (Fsp3) is 0.667. The number of nitrogens with zero attached hydrogens (tertiary/aromatic N) is 1. The predicted molar refractivity (Wildman–Crippen MR) is 88.2 cm³/mol. The lowest BCUT2D eigenvalue weighted by Gasteiger charge is -2.35. The van der Waals surface area contributed by atoms with E-state index in [0.29, 0.717) is 5.41 Å². The number of hydrogen-bond donors (Lipinski definition) is 1. The van der Waals surface area contributed by atoms with Crippen LogP contribution in [0.25, 0.3) is 0 Å². The highest BCUT2D eigenvalue weighted by Crippen LogP contribution is 2.39. The zero-order valence-corrected chi connectivity index (χ0v) is 13.4. The molecule has 1 aromatic rings. The van der Waals surface area contributed by atoms with Gasteiger partial charge < -0.3 is 15.0 Å². The van der Waals surface area contributed by atoms with Crippen LogP contribution in [-0.2, 0) is 0 Å². The van der Waals surface area contributed by atoms with Crippen LogP contribution in [0.15, 0.2) is 24.3 Å². The molecule has 0 spiro atoms. The zero-order chi connectivity index (χ0) is 14.7. The molecule has 1 N–H and O–H groups in total. The van der Waals surface area contributed by atoms with E-state index in [1.807, 2.05) is 6.07 Å². The molecule has 0 aliphatic heterocycles. The minimum Gasteiger partial charge on any atom is -0.497 e. The maximum atomic E-state index is 5.35. The van der Waals surface area contributed by atoms with Gasteiger partial charge >= 0.3 is 0 Å². The minimum absolute atomic E-state index is 0.459. The van der Waals surface area contributed by atoms with Crippen molar-refractivity contribution in [3.63, 3.8) is 0 Å². The first-order chi connectivity index (χ1) is 10.2. The highest BCUT2D eigenvalue weighted by molar-refractivity contribution is 5.50. The molecule has 0 amide bonds. The summed E-state index contributed by atoms with van der Waals surface area (Å²) in [5.74, 6) is 0.941. The van der Waals surface area contributed by atoms with Gasteiger partial charge in [-0.05, 0) is 37.8 Å². The fourth-order valence-corrected chi connectivity index (χ4v) is 3.61. The molecular weight excluding hydrogens is 260 g/mol. The van der Waals surface area contributed by atoms with Crippen molar-refractivity contribution in [3.8, 4) is 5.75 Å². The van der Waals surface area contributed by atoms with Crippen molar-refractivity contribution in [2.45, 2.75) is 44.6 Å². The third-order valence-electron chi connectivity index (χ3n) is 5.07. The summed E-state index contributed by atoms with van der Waals surface area (Å²) in [6.45, 7) is 2.33. The van der Waals surface area contributed by atoms with Crippen molar-refractivity contribution < 1.29 is 4.74 Å². The Labute approximate surface area is 128 Å². The molecule has 3 nitrogen and oxygen atoms in total. The monoisotopic (exact) mass is 288 g/mol.